The topological polar surface area (TPSA) is 97.8 Å². The van der Waals surface area contributed by atoms with Crippen molar-refractivity contribution in [3.8, 4) is 0 Å². The number of aromatic nitrogens is 6. The maximum absolute atomic E-state index is 4.47. The lowest BCUT2D eigenvalue weighted by molar-refractivity contribution is 0.354. The SMILES string of the molecule is CN=C(NCC1CCc2nnc(C)n2C1)NC1CCc2nc(C)nn2C1. The van der Waals surface area contributed by atoms with Gasteiger partial charge in [-0.2, -0.15) is 5.10 Å². The highest BCUT2D eigenvalue weighted by molar-refractivity contribution is 5.79. The second-order valence-electron chi connectivity index (χ2n) is 7.27. The summed E-state index contributed by atoms with van der Waals surface area (Å²) in [6.45, 7) is 6.68. The Bertz CT molecular complexity index is 803. The van der Waals surface area contributed by atoms with Crippen molar-refractivity contribution in [1.29, 1.82) is 0 Å². The summed E-state index contributed by atoms with van der Waals surface area (Å²) in [4.78, 5) is 8.87. The lowest BCUT2D eigenvalue weighted by atomic mass is 9.99. The van der Waals surface area contributed by atoms with Gasteiger partial charge >= 0.3 is 0 Å². The molecule has 0 radical (unpaired) electrons. The van der Waals surface area contributed by atoms with Crippen molar-refractivity contribution < 1.29 is 0 Å². The van der Waals surface area contributed by atoms with Gasteiger partial charge in [-0.3, -0.25) is 4.99 Å². The van der Waals surface area contributed by atoms with E-state index in [2.05, 4.69) is 40.5 Å². The Morgan fingerprint density at radius 3 is 2.85 bits per heavy atom. The van der Waals surface area contributed by atoms with E-state index in [1.165, 1.54) is 0 Å². The van der Waals surface area contributed by atoms with Crippen LogP contribution in [0.4, 0.5) is 0 Å². The Labute approximate surface area is 153 Å². The molecule has 0 fully saturated rings. The zero-order valence-corrected chi connectivity index (χ0v) is 15.7. The van der Waals surface area contributed by atoms with Crippen molar-refractivity contribution in [3.05, 3.63) is 23.3 Å². The smallest absolute Gasteiger partial charge is 0.191 e. The molecule has 9 heteroatoms. The van der Waals surface area contributed by atoms with E-state index in [1.54, 1.807) is 0 Å². The monoisotopic (exact) mass is 357 g/mol. The molecule has 2 N–H and O–H groups in total. The molecule has 0 saturated heterocycles. The van der Waals surface area contributed by atoms with Gasteiger partial charge in [0.1, 0.15) is 23.3 Å². The highest BCUT2D eigenvalue weighted by Gasteiger charge is 2.24. The second kappa shape index (κ2) is 7.05. The predicted octanol–water partition coefficient (Wildman–Crippen LogP) is 0.229. The van der Waals surface area contributed by atoms with Crippen LogP contribution in [0.2, 0.25) is 0 Å². The van der Waals surface area contributed by atoms with E-state index in [9.17, 15) is 0 Å². The van der Waals surface area contributed by atoms with E-state index in [0.29, 0.717) is 12.0 Å². The lowest BCUT2D eigenvalue weighted by Gasteiger charge is -2.28. The van der Waals surface area contributed by atoms with Crippen LogP contribution in [0.3, 0.4) is 0 Å². The Morgan fingerprint density at radius 2 is 2.00 bits per heavy atom. The molecule has 4 heterocycles. The quantitative estimate of drug-likeness (QED) is 0.603. The first-order valence-corrected chi connectivity index (χ1v) is 9.38. The summed E-state index contributed by atoms with van der Waals surface area (Å²) < 4.78 is 4.25. The fourth-order valence-corrected chi connectivity index (χ4v) is 3.88. The van der Waals surface area contributed by atoms with Gasteiger partial charge in [-0.1, -0.05) is 0 Å². The van der Waals surface area contributed by atoms with Crippen LogP contribution in [0.5, 0.6) is 0 Å². The molecule has 0 bridgehead atoms. The largest absolute Gasteiger partial charge is 0.356 e. The molecule has 0 aliphatic carbocycles. The third kappa shape index (κ3) is 3.42. The zero-order valence-electron chi connectivity index (χ0n) is 15.7. The van der Waals surface area contributed by atoms with Crippen LogP contribution in [0.15, 0.2) is 4.99 Å². The molecule has 0 aromatic carbocycles. The third-order valence-corrected chi connectivity index (χ3v) is 5.32. The standard InChI is InChI=1S/C17H27N9/c1-11-20-15-7-5-14(10-26(15)24-11)21-17(18-3)19-8-13-4-6-16-23-22-12(2)25(16)9-13/h13-14H,4-10H2,1-3H3,(H2,18,19,21). The van der Waals surface area contributed by atoms with Crippen molar-refractivity contribution in [2.45, 2.75) is 58.7 Å². The van der Waals surface area contributed by atoms with Crippen LogP contribution in [0, 0.1) is 19.8 Å². The molecule has 4 rings (SSSR count). The van der Waals surface area contributed by atoms with E-state index >= 15 is 0 Å². The van der Waals surface area contributed by atoms with Crippen LogP contribution in [0.25, 0.3) is 0 Å². The van der Waals surface area contributed by atoms with Gasteiger partial charge in [0.15, 0.2) is 5.96 Å². The first-order valence-electron chi connectivity index (χ1n) is 9.38. The van der Waals surface area contributed by atoms with Crippen molar-refractivity contribution in [2.75, 3.05) is 13.6 Å². The van der Waals surface area contributed by atoms with Gasteiger partial charge in [-0.25, -0.2) is 9.67 Å². The highest BCUT2D eigenvalue weighted by atomic mass is 15.4. The molecule has 2 aliphatic rings. The van der Waals surface area contributed by atoms with Gasteiger partial charge in [0.25, 0.3) is 0 Å². The minimum absolute atomic E-state index is 0.327. The number of rotatable bonds is 3. The first kappa shape index (κ1) is 17.0. The van der Waals surface area contributed by atoms with Gasteiger partial charge in [-0.15, -0.1) is 10.2 Å². The maximum atomic E-state index is 4.47. The summed E-state index contributed by atoms with van der Waals surface area (Å²) in [7, 11) is 1.83. The number of hydrogen-bond donors (Lipinski definition) is 2. The van der Waals surface area contributed by atoms with E-state index in [-0.39, 0.29) is 0 Å². The summed E-state index contributed by atoms with van der Waals surface area (Å²) in [6, 6.07) is 0.327. The Kier molecular flexibility index (Phi) is 4.60. The fraction of sp³-hybridized carbons (Fsp3) is 0.706. The summed E-state index contributed by atoms with van der Waals surface area (Å²) in [6.07, 6.45) is 4.13. The molecule has 2 aromatic heterocycles. The van der Waals surface area contributed by atoms with Gasteiger partial charge in [0.2, 0.25) is 0 Å². The molecule has 9 nitrogen and oxygen atoms in total. The van der Waals surface area contributed by atoms with E-state index in [4.69, 9.17) is 0 Å². The van der Waals surface area contributed by atoms with Crippen LogP contribution in [-0.2, 0) is 25.9 Å². The minimum atomic E-state index is 0.327. The average Bonchev–Trinajstić information content (AvgIpc) is 3.20. The summed E-state index contributed by atoms with van der Waals surface area (Å²) >= 11 is 0. The molecule has 2 aromatic rings. The number of aryl methyl sites for hydroxylation is 4. The van der Waals surface area contributed by atoms with Crippen molar-refractivity contribution in [3.63, 3.8) is 0 Å². The van der Waals surface area contributed by atoms with Gasteiger partial charge in [0, 0.05) is 39.0 Å². The van der Waals surface area contributed by atoms with Gasteiger partial charge in [-0.05, 0) is 32.6 Å². The first-order chi connectivity index (χ1) is 12.6. The zero-order chi connectivity index (χ0) is 18.1. The lowest BCUT2D eigenvalue weighted by Crippen LogP contribution is -2.48. The molecule has 140 valence electrons. The molecule has 2 atom stereocenters. The fourth-order valence-electron chi connectivity index (χ4n) is 3.88. The Balaban J connectivity index is 1.30. The summed E-state index contributed by atoms with van der Waals surface area (Å²) in [5.74, 6) is 5.49. The predicted molar refractivity (Wildman–Crippen MR) is 97.9 cm³/mol. The molecule has 0 spiro atoms. The number of aliphatic imine (C=N–C) groups is 1. The summed E-state index contributed by atoms with van der Waals surface area (Å²) in [5, 5.41) is 19.9. The third-order valence-electron chi connectivity index (χ3n) is 5.32. The molecule has 0 saturated carbocycles. The number of nitrogens with zero attached hydrogens (tertiary/aromatic N) is 7. The van der Waals surface area contributed by atoms with Crippen molar-refractivity contribution in [2.24, 2.45) is 10.9 Å². The van der Waals surface area contributed by atoms with E-state index in [1.807, 2.05) is 25.6 Å². The molecule has 26 heavy (non-hydrogen) atoms. The Morgan fingerprint density at radius 1 is 1.15 bits per heavy atom. The molecule has 0 amide bonds. The number of hydrogen-bond acceptors (Lipinski definition) is 5. The van der Waals surface area contributed by atoms with Crippen LogP contribution in [-0.4, -0.2) is 55.1 Å². The van der Waals surface area contributed by atoms with Gasteiger partial charge in [0.05, 0.1) is 6.54 Å². The molecule has 2 aliphatic heterocycles. The van der Waals surface area contributed by atoms with Gasteiger partial charge < -0.3 is 15.2 Å². The number of nitrogens with one attached hydrogen (secondary N) is 2. The maximum Gasteiger partial charge on any atom is 0.191 e. The van der Waals surface area contributed by atoms with Crippen LogP contribution >= 0.6 is 0 Å². The molecule has 2 unspecified atom stereocenters. The van der Waals surface area contributed by atoms with E-state index < -0.39 is 0 Å². The molecular weight excluding hydrogens is 330 g/mol. The summed E-state index contributed by atoms with van der Waals surface area (Å²) in [5.41, 5.74) is 0. The highest BCUT2D eigenvalue weighted by Crippen LogP contribution is 2.19. The van der Waals surface area contributed by atoms with Crippen LogP contribution in [0.1, 0.15) is 36.1 Å². The average molecular weight is 357 g/mol. The van der Waals surface area contributed by atoms with Crippen molar-refractivity contribution >= 4 is 5.96 Å². The minimum Gasteiger partial charge on any atom is -0.356 e. The number of fused-ring (bicyclic) bond motifs is 2. The van der Waals surface area contributed by atoms with Crippen LogP contribution < -0.4 is 10.6 Å². The number of guanidine groups is 1. The van der Waals surface area contributed by atoms with E-state index in [0.717, 1.165) is 74.6 Å². The normalized spacial score (nSPS) is 22.7. The Hall–Kier alpha value is -2.45. The molecular formula is C17H27N9. The second-order valence-corrected chi connectivity index (χ2v) is 7.27. The van der Waals surface area contributed by atoms with Crippen molar-refractivity contribution in [1.82, 2.24) is 40.2 Å².